The van der Waals surface area contributed by atoms with Gasteiger partial charge in [0, 0.05) is 26.3 Å². The van der Waals surface area contributed by atoms with Crippen molar-refractivity contribution in [3.63, 3.8) is 0 Å². The Kier molecular flexibility index (Phi) is 5.31. The monoisotopic (exact) mass is 319 g/mol. The van der Waals surface area contributed by atoms with E-state index in [1.807, 2.05) is 0 Å². The van der Waals surface area contributed by atoms with E-state index in [1.165, 1.54) is 4.90 Å². The molecule has 1 aromatic rings. The van der Waals surface area contributed by atoms with Crippen LogP contribution < -0.4 is 0 Å². The first kappa shape index (κ1) is 16.9. The lowest BCUT2D eigenvalue weighted by molar-refractivity contribution is -0.145. The molecule has 0 spiro atoms. The maximum absolute atomic E-state index is 12.3. The molecule has 1 aliphatic heterocycles. The van der Waals surface area contributed by atoms with Crippen molar-refractivity contribution in [2.24, 2.45) is 5.92 Å². The van der Waals surface area contributed by atoms with Crippen molar-refractivity contribution in [2.75, 3.05) is 26.7 Å². The molecule has 1 saturated heterocycles. The van der Waals surface area contributed by atoms with Gasteiger partial charge in [-0.3, -0.25) is 19.4 Å². The molecule has 0 bridgehead atoms. The van der Waals surface area contributed by atoms with Gasteiger partial charge in [-0.15, -0.1) is 0 Å². The van der Waals surface area contributed by atoms with E-state index >= 15 is 0 Å². The van der Waals surface area contributed by atoms with Gasteiger partial charge < -0.3 is 14.9 Å². The van der Waals surface area contributed by atoms with Crippen LogP contribution in [0.3, 0.4) is 0 Å². The summed E-state index contributed by atoms with van der Waals surface area (Å²) in [6.45, 7) is 2.60. The van der Waals surface area contributed by atoms with Gasteiger partial charge in [0.2, 0.25) is 5.91 Å². The average molecular weight is 319 g/mol. The van der Waals surface area contributed by atoms with Gasteiger partial charge in [-0.05, 0) is 31.4 Å². The van der Waals surface area contributed by atoms with Crippen LogP contribution in [0.1, 0.15) is 28.9 Å². The standard InChI is InChI=1S/C16H21N3O4/c1-11-4-3-7-17-14(11)15(21)18(2)10-13(20)19-8-5-12(6-9-19)16(22)23/h3-4,7,12H,5-6,8-10H2,1-2H3,(H,22,23). The number of amides is 2. The fourth-order valence-electron chi connectivity index (χ4n) is 2.64. The first-order valence-corrected chi connectivity index (χ1v) is 7.57. The molecule has 0 aromatic carbocycles. The largest absolute Gasteiger partial charge is 0.481 e. The van der Waals surface area contributed by atoms with E-state index in [1.54, 1.807) is 37.2 Å². The van der Waals surface area contributed by atoms with Gasteiger partial charge >= 0.3 is 5.97 Å². The summed E-state index contributed by atoms with van der Waals surface area (Å²) >= 11 is 0. The molecule has 2 rings (SSSR count). The van der Waals surface area contributed by atoms with Gasteiger partial charge in [-0.1, -0.05) is 6.07 Å². The Bertz CT molecular complexity index is 609. The molecule has 2 amide bonds. The van der Waals surface area contributed by atoms with E-state index < -0.39 is 5.97 Å². The quantitative estimate of drug-likeness (QED) is 0.886. The smallest absolute Gasteiger partial charge is 0.306 e. The predicted octanol–water partition coefficient (Wildman–Crippen LogP) is 0.785. The number of hydrogen-bond acceptors (Lipinski definition) is 4. The Morgan fingerprint density at radius 2 is 2.00 bits per heavy atom. The van der Waals surface area contributed by atoms with Crippen LogP contribution in [0.25, 0.3) is 0 Å². The van der Waals surface area contributed by atoms with E-state index in [4.69, 9.17) is 5.11 Å². The second kappa shape index (κ2) is 7.21. The molecule has 124 valence electrons. The highest BCUT2D eigenvalue weighted by atomic mass is 16.4. The van der Waals surface area contributed by atoms with E-state index in [0.29, 0.717) is 31.6 Å². The zero-order valence-corrected chi connectivity index (χ0v) is 13.4. The Morgan fingerprint density at radius 3 is 2.57 bits per heavy atom. The van der Waals surface area contributed by atoms with Gasteiger partial charge in [0.05, 0.1) is 12.5 Å². The van der Waals surface area contributed by atoms with Gasteiger partial charge in [-0.2, -0.15) is 0 Å². The number of likely N-dealkylation sites (N-methyl/N-ethyl adjacent to an activating group) is 1. The highest BCUT2D eigenvalue weighted by molar-refractivity contribution is 5.95. The molecule has 1 N–H and O–H groups in total. The lowest BCUT2D eigenvalue weighted by atomic mass is 9.97. The van der Waals surface area contributed by atoms with Crippen molar-refractivity contribution < 1.29 is 19.5 Å². The second-order valence-electron chi connectivity index (χ2n) is 5.82. The van der Waals surface area contributed by atoms with Gasteiger partial charge in [0.1, 0.15) is 5.69 Å². The number of piperidine rings is 1. The Labute approximate surface area is 134 Å². The van der Waals surface area contributed by atoms with Crippen LogP contribution in [0.2, 0.25) is 0 Å². The fourth-order valence-corrected chi connectivity index (χ4v) is 2.64. The predicted molar refractivity (Wildman–Crippen MR) is 82.9 cm³/mol. The lowest BCUT2D eigenvalue weighted by Gasteiger charge is -2.31. The molecule has 0 atom stereocenters. The first-order valence-electron chi connectivity index (χ1n) is 7.57. The number of nitrogens with zero attached hydrogens (tertiary/aromatic N) is 3. The van der Waals surface area contributed by atoms with Crippen molar-refractivity contribution in [3.05, 3.63) is 29.6 Å². The molecule has 1 aromatic heterocycles. The molecular formula is C16H21N3O4. The number of likely N-dealkylation sites (tertiary alicyclic amines) is 1. The van der Waals surface area contributed by atoms with E-state index in [-0.39, 0.29) is 24.3 Å². The van der Waals surface area contributed by atoms with Crippen LogP contribution in [0.15, 0.2) is 18.3 Å². The Hall–Kier alpha value is -2.44. The number of carboxylic acid groups (broad SMARTS) is 1. The molecule has 23 heavy (non-hydrogen) atoms. The van der Waals surface area contributed by atoms with Crippen molar-refractivity contribution in [1.82, 2.24) is 14.8 Å². The molecule has 1 fully saturated rings. The molecule has 0 radical (unpaired) electrons. The number of carbonyl (C=O) groups excluding carboxylic acids is 2. The molecule has 7 heteroatoms. The van der Waals surface area contributed by atoms with Crippen LogP contribution in [-0.2, 0) is 9.59 Å². The summed E-state index contributed by atoms with van der Waals surface area (Å²) in [6.07, 6.45) is 2.46. The third-order valence-corrected chi connectivity index (χ3v) is 4.13. The topological polar surface area (TPSA) is 90.8 Å². The number of carboxylic acids is 1. The Morgan fingerprint density at radius 1 is 1.35 bits per heavy atom. The second-order valence-corrected chi connectivity index (χ2v) is 5.82. The van der Waals surface area contributed by atoms with Crippen LogP contribution >= 0.6 is 0 Å². The fraction of sp³-hybridized carbons (Fsp3) is 0.500. The molecule has 0 unspecified atom stereocenters. The molecule has 0 aliphatic carbocycles. The number of hydrogen-bond donors (Lipinski definition) is 1. The highest BCUT2D eigenvalue weighted by Crippen LogP contribution is 2.17. The molecule has 1 aliphatic rings. The number of aliphatic carboxylic acids is 1. The number of carbonyl (C=O) groups is 3. The lowest BCUT2D eigenvalue weighted by Crippen LogP contribution is -2.45. The maximum Gasteiger partial charge on any atom is 0.306 e. The maximum atomic E-state index is 12.3. The van der Waals surface area contributed by atoms with Gasteiger partial charge in [0.15, 0.2) is 0 Å². The number of rotatable bonds is 4. The van der Waals surface area contributed by atoms with Crippen LogP contribution in [-0.4, -0.2) is 64.4 Å². The molecular weight excluding hydrogens is 298 g/mol. The van der Waals surface area contributed by atoms with Crippen molar-refractivity contribution >= 4 is 17.8 Å². The number of pyridine rings is 1. The van der Waals surface area contributed by atoms with Crippen LogP contribution in [0.4, 0.5) is 0 Å². The van der Waals surface area contributed by atoms with Crippen LogP contribution in [0, 0.1) is 12.8 Å². The van der Waals surface area contributed by atoms with E-state index in [0.717, 1.165) is 5.56 Å². The minimum atomic E-state index is -0.810. The van der Waals surface area contributed by atoms with Crippen molar-refractivity contribution in [1.29, 1.82) is 0 Å². The third kappa shape index (κ3) is 4.06. The number of aryl methyl sites for hydroxylation is 1. The average Bonchev–Trinajstić information content (AvgIpc) is 2.54. The summed E-state index contributed by atoms with van der Waals surface area (Å²) in [5.74, 6) is -1.65. The van der Waals surface area contributed by atoms with Gasteiger partial charge in [0.25, 0.3) is 5.91 Å². The summed E-state index contributed by atoms with van der Waals surface area (Å²) in [6, 6.07) is 3.55. The first-order chi connectivity index (χ1) is 10.9. The zero-order chi connectivity index (χ0) is 17.0. The third-order valence-electron chi connectivity index (χ3n) is 4.13. The summed E-state index contributed by atoms with van der Waals surface area (Å²) in [5.41, 5.74) is 1.10. The van der Waals surface area contributed by atoms with Gasteiger partial charge in [-0.25, -0.2) is 0 Å². The Balaban J connectivity index is 1.91. The summed E-state index contributed by atoms with van der Waals surface area (Å²) in [5, 5.41) is 8.97. The molecule has 2 heterocycles. The van der Waals surface area contributed by atoms with Crippen LogP contribution in [0.5, 0.6) is 0 Å². The molecule has 0 saturated carbocycles. The summed E-state index contributed by atoms with van der Waals surface area (Å²) in [4.78, 5) is 42.6. The van der Waals surface area contributed by atoms with Crippen molar-refractivity contribution in [2.45, 2.75) is 19.8 Å². The normalized spacial score (nSPS) is 15.3. The zero-order valence-electron chi connectivity index (χ0n) is 13.4. The SMILES string of the molecule is Cc1cccnc1C(=O)N(C)CC(=O)N1CCC(C(=O)O)CC1. The summed E-state index contributed by atoms with van der Waals surface area (Å²) < 4.78 is 0. The highest BCUT2D eigenvalue weighted by Gasteiger charge is 2.28. The minimum absolute atomic E-state index is 0.0351. The van der Waals surface area contributed by atoms with Crippen molar-refractivity contribution in [3.8, 4) is 0 Å². The minimum Gasteiger partial charge on any atom is -0.481 e. The molecule has 7 nitrogen and oxygen atoms in total. The summed E-state index contributed by atoms with van der Waals surface area (Å²) in [7, 11) is 1.57. The number of aromatic nitrogens is 1. The van der Waals surface area contributed by atoms with E-state index in [9.17, 15) is 14.4 Å². The van der Waals surface area contributed by atoms with E-state index in [2.05, 4.69) is 4.98 Å².